The van der Waals surface area contributed by atoms with E-state index in [2.05, 4.69) is 37.8 Å². The number of hydrogen-bond acceptors (Lipinski definition) is 6. The topological polar surface area (TPSA) is 122 Å². The standard InChI is InChI=1S/C26H23ClN6O3/c27-17-3-1-2-15(8-17)19-9-20(19)25(34)32-22-10-21(30-24(31-22)26(35)36)28-11-18-13-33-12-16(14-4-5-14)6-7-23(33)29-18/h1-3,6-8,10,12-14,19-20H,4-5,9,11H2,(H,35,36)(H2,28,30,31,32,34)/t19-,20+/m1/s1. The number of nitrogens with zero attached hydrogens (tertiary/aromatic N) is 4. The number of pyridine rings is 1. The highest BCUT2D eigenvalue weighted by molar-refractivity contribution is 6.30. The second kappa shape index (κ2) is 8.91. The van der Waals surface area contributed by atoms with Crippen molar-refractivity contribution in [1.29, 1.82) is 0 Å². The van der Waals surface area contributed by atoms with E-state index in [1.165, 1.54) is 24.5 Å². The van der Waals surface area contributed by atoms with Crippen LogP contribution in [0.25, 0.3) is 5.65 Å². The van der Waals surface area contributed by atoms with Crippen molar-refractivity contribution in [1.82, 2.24) is 19.4 Å². The molecule has 0 bridgehead atoms. The quantitative estimate of drug-likeness (QED) is 0.319. The van der Waals surface area contributed by atoms with E-state index in [1.54, 1.807) is 6.07 Å². The number of rotatable bonds is 8. The Bertz CT molecular complexity index is 1500. The zero-order valence-corrected chi connectivity index (χ0v) is 19.9. The van der Waals surface area contributed by atoms with E-state index in [0.717, 1.165) is 16.9 Å². The van der Waals surface area contributed by atoms with Crippen molar-refractivity contribution in [3.05, 3.63) is 82.5 Å². The summed E-state index contributed by atoms with van der Waals surface area (Å²) < 4.78 is 2.00. The molecule has 0 spiro atoms. The van der Waals surface area contributed by atoms with E-state index in [1.807, 2.05) is 34.9 Å². The van der Waals surface area contributed by atoms with Crippen LogP contribution in [0.15, 0.2) is 54.9 Å². The number of carbonyl (C=O) groups excluding carboxylic acids is 1. The Morgan fingerprint density at radius 3 is 2.64 bits per heavy atom. The molecule has 1 aromatic carbocycles. The SMILES string of the molecule is O=C(O)c1nc(NCc2cn3cc(C4CC4)ccc3n2)cc(NC(=O)[C@H]2C[C@@H]2c2cccc(Cl)c2)n1. The molecule has 0 unspecified atom stereocenters. The van der Waals surface area contributed by atoms with Crippen LogP contribution in [-0.2, 0) is 11.3 Å². The minimum absolute atomic E-state index is 0.0811. The molecule has 0 saturated heterocycles. The predicted octanol–water partition coefficient (Wildman–Crippen LogP) is 4.71. The highest BCUT2D eigenvalue weighted by Crippen LogP contribution is 2.48. The second-order valence-corrected chi connectivity index (χ2v) is 9.78. The molecular formula is C26H23ClN6O3. The van der Waals surface area contributed by atoms with Crippen molar-refractivity contribution in [3.63, 3.8) is 0 Å². The van der Waals surface area contributed by atoms with Gasteiger partial charge in [-0.1, -0.05) is 29.8 Å². The lowest BCUT2D eigenvalue weighted by Gasteiger charge is -2.09. The van der Waals surface area contributed by atoms with Gasteiger partial charge in [-0.3, -0.25) is 4.79 Å². The number of nitrogens with one attached hydrogen (secondary N) is 2. The molecule has 2 aliphatic carbocycles. The summed E-state index contributed by atoms with van der Waals surface area (Å²) >= 11 is 6.07. The van der Waals surface area contributed by atoms with Crippen LogP contribution in [-0.4, -0.2) is 36.3 Å². The molecule has 36 heavy (non-hydrogen) atoms. The third kappa shape index (κ3) is 4.74. The monoisotopic (exact) mass is 502 g/mol. The normalized spacial score (nSPS) is 18.7. The van der Waals surface area contributed by atoms with Gasteiger partial charge in [-0.15, -0.1) is 0 Å². The maximum absolute atomic E-state index is 12.8. The fraction of sp³-hybridized carbons (Fsp3) is 0.269. The van der Waals surface area contributed by atoms with E-state index in [-0.39, 0.29) is 29.4 Å². The number of carboxylic acid groups (broad SMARTS) is 1. The van der Waals surface area contributed by atoms with Crippen molar-refractivity contribution in [3.8, 4) is 0 Å². The maximum Gasteiger partial charge on any atom is 0.374 e. The first-order valence-corrected chi connectivity index (χ1v) is 12.2. The number of hydrogen-bond donors (Lipinski definition) is 3. The van der Waals surface area contributed by atoms with Crippen LogP contribution in [0.3, 0.4) is 0 Å². The Morgan fingerprint density at radius 1 is 1.03 bits per heavy atom. The van der Waals surface area contributed by atoms with Gasteiger partial charge in [0, 0.05) is 29.4 Å². The van der Waals surface area contributed by atoms with Gasteiger partial charge in [0.2, 0.25) is 11.7 Å². The molecule has 2 saturated carbocycles. The Balaban J connectivity index is 1.15. The fourth-order valence-corrected chi connectivity index (χ4v) is 4.69. The molecule has 10 heteroatoms. The Kier molecular flexibility index (Phi) is 5.56. The molecule has 6 rings (SSSR count). The smallest absolute Gasteiger partial charge is 0.374 e. The van der Waals surface area contributed by atoms with Crippen molar-refractivity contribution in [2.24, 2.45) is 5.92 Å². The van der Waals surface area contributed by atoms with Crippen molar-refractivity contribution < 1.29 is 14.7 Å². The zero-order valence-electron chi connectivity index (χ0n) is 19.2. The molecule has 182 valence electrons. The number of amides is 1. The van der Waals surface area contributed by atoms with Crippen LogP contribution in [0, 0.1) is 5.92 Å². The first-order valence-electron chi connectivity index (χ1n) is 11.8. The summed E-state index contributed by atoms with van der Waals surface area (Å²) in [6.07, 6.45) is 7.22. The first kappa shape index (κ1) is 22.5. The lowest BCUT2D eigenvalue weighted by Crippen LogP contribution is -2.18. The fourth-order valence-electron chi connectivity index (χ4n) is 4.49. The summed E-state index contributed by atoms with van der Waals surface area (Å²) in [7, 11) is 0. The average Bonchev–Trinajstić information content (AvgIpc) is 3.78. The van der Waals surface area contributed by atoms with Gasteiger partial charge in [0.1, 0.15) is 17.3 Å². The number of aromatic carboxylic acids is 1. The van der Waals surface area contributed by atoms with Gasteiger partial charge in [-0.05, 0) is 60.4 Å². The van der Waals surface area contributed by atoms with Gasteiger partial charge < -0.3 is 20.1 Å². The van der Waals surface area contributed by atoms with E-state index in [9.17, 15) is 14.7 Å². The van der Waals surface area contributed by atoms with E-state index >= 15 is 0 Å². The highest BCUT2D eigenvalue weighted by Gasteiger charge is 2.44. The molecule has 3 heterocycles. The highest BCUT2D eigenvalue weighted by atomic mass is 35.5. The summed E-state index contributed by atoms with van der Waals surface area (Å²) in [6, 6.07) is 13.1. The second-order valence-electron chi connectivity index (χ2n) is 9.35. The number of carboxylic acids is 1. The predicted molar refractivity (Wildman–Crippen MR) is 134 cm³/mol. The van der Waals surface area contributed by atoms with E-state index in [4.69, 9.17) is 11.6 Å². The number of carbonyl (C=O) groups is 2. The minimum Gasteiger partial charge on any atom is -0.475 e. The number of aromatic nitrogens is 4. The lowest BCUT2D eigenvalue weighted by molar-refractivity contribution is -0.117. The average molecular weight is 503 g/mol. The number of imidazole rings is 1. The van der Waals surface area contributed by atoms with E-state index < -0.39 is 11.8 Å². The molecule has 4 aromatic rings. The third-order valence-corrected chi connectivity index (χ3v) is 6.83. The van der Waals surface area contributed by atoms with Crippen LogP contribution in [0.5, 0.6) is 0 Å². The molecule has 2 atom stereocenters. The molecule has 0 aliphatic heterocycles. The van der Waals surface area contributed by atoms with Crippen LogP contribution in [0.1, 0.15) is 58.5 Å². The molecule has 2 fully saturated rings. The first-order chi connectivity index (χ1) is 17.4. The Morgan fingerprint density at radius 2 is 1.86 bits per heavy atom. The lowest BCUT2D eigenvalue weighted by atomic mass is 10.1. The molecule has 3 N–H and O–H groups in total. The summed E-state index contributed by atoms with van der Waals surface area (Å²) in [5.41, 5.74) is 3.95. The number of benzene rings is 1. The Labute approximate surface area is 211 Å². The molecule has 0 radical (unpaired) electrons. The largest absolute Gasteiger partial charge is 0.475 e. The van der Waals surface area contributed by atoms with Gasteiger partial charge in [0.15, 0.2) is 0 Å². The van der Waals surface area contributed by atoms with Crippen LogP contribution in [0.2, 0.25) is 5.02 Å². The molecule has 9 nitrogen and oxygen atoms in total. The van der Waals surface area contributed by atoms with Crippen LogP contribution >= 0.6 is 11.6 Å². The van der Waals surface area contributed by atoms with Gasteiger partial charge in [0.05, 0.1) is 12.2 Å². The molecular weight excluding hydrogens is 480 g/mol. The number of fused-ring (bicyclic) bond motifs is 1. The summed E-state index contributed by atoms with van der Waals surface area (Å²) in [4.78, 5) is 37.1. The van der Waals surface area contributed by atoms with Crippen molar-refractivity contribution in [2.75, 3.05) is 10.6 Å². The zero-order chi connectivity index (χ0) is 24.8. The van der Waals surface area contributed by atoms with Crippen molar-refractivity contribution >= 4 is 40.8 Å². The summed E-state index contributed by atoms with van der Waals surface area (Å²) in [5, 5.41) is 16.0. The van der Waals surface area contributed by atoms with Gasteiger partial charge in [-0.25, -0.2) is 19.7 Å². The number of anilines is 2. The van der Waals surface area contributed by atoms with Gasteiger partial charge in [0.25, 0.3) is 0 Å². The number of halogens is 1. The minimum atomic E-state index is -1.28. The van der Waals surface area contributed by atoms with Crippen molar-refractivity contribution in [2.45, 2.75) is 37.6 Å². The maximum atomic E-state index is 12.8. The summed E-state index contributed by atoms with van der Waals surface area (Å²) in [5.74, 6) is -0.962. The molecule has 2 aliphatic rings. The van der Waals surface area contributed by atoms with Crippen LogP contribution in [0.4, 0.5) is 11.6 Å². The molecule has 3 aromatic heterocycles. The van der Waals surface area contributed by atoms with Gasteiger partial charge in [-0.2, -0.15) is 0 Å². The van der Waals surface area contributed by atoms with Gasteiger partial charge >= 0.3 is 5.97 Å². The Hall–Kier alpha value is -3.98. The summed E-state index contributed by atoms with van der Waals surface area (Å²) in [6.45, 7) is 0.337. The third-order valence-electron chi connectivity index (χ3n) is 6.60. The van der Waals surface area contributed by atoms with E-state index in [0.29, 0.717) is 23.9 Å². The van der Waals surface area contributed by atoms with Crippen LogP contribution < -0.4 is 10.6 Å². The molecule has 1 amide bonds.